The zero-order valence-corrected chi connectivity index (χ0v) is 10.1. The van der Waals surface area contributed by atoms with E-state index in [-0.39, 0.29) is 11.9 Å². The van der Waals surface area contributed by atoms with Gasteiger partial charge in [0.15, 0.2) is 0 Å². The number of carbonyl (C=O) groups excluding carboxylic acids is 1. The molecule has 0 fully saturated rings. The number of rotatable bonds is 6. The summed E-state index contributed by atoms with van der Waals surface area (Å²) in [5, 5.41) is 4.12. The van der Waals surface area contributed by atoms with Crippen LogP contribution in [-0.4, -0.2) is 47.9 Å². The molecule has 0 aliphatic rings. The molecule has 0 amide bonds. The molecule has 90 valence electrons. The number of methoxy groups -OCH3 is 1. The average Bonchev–Trinajstić information content (AvgIpc) is 2.78. The molecule has 0 spiro atoms. The van der Waals surface area contributed by atoms with Crippen molar-refractivity contribution in [1.29, 1.82) is 0 Å². The van der Waals surface area contributed by atoms with Crippen LogP contribution in [0.15, 0.2) is 18.5 Å². The van der Waals surface area contributed by atoms with E-state index in [1.807, 2.05) is 30.9 Å². The lowest BCUT2D eigenvalue weighted by Crippen LogP contribution is -2.31. The van der Waals surface area contributed by atoms with Crippen molar-refractivity contribution in [3.05, 3.63) is 18.5 Å². The van der Waals surface area contributed by atoms with Gasteiger partial charge in [-0.15, -0.1) is 0 Å². The highest BCUT2D eigenvalue weighted by Crippen LogP contribution is 2.00. The fraction of sp³-hybridized carbons (Fsp3) is 0.636. The molecule has 0 aromatic carbocycles. The lowest BCUT2D eigenvalue weighted by Gasteiger charge is -2.19. The van der Waals surface area contributed by atoms with Gasteiger partial charge in [-0.2, -0.15) is 5.10 Å². The Labute approximate surface area is 96.0 Å². The highest BCUT2D eigenvalue weighted by Gasteiger charge is 2.14. The van der Waals surface area contributed by atoms with Gasteiger partial charge in [0.05, 0.1) is 19.6 Å². The Hall–Kier alpha value is -1.36. The van der Waals surface area contributed by atoms with E-state index in [4.69, 9.17) is 0 Å². The first-order valence-electron chi connectivity index (χ1n) is 5.37. The van der Waals surface area contributed by atoms with Crippen LogP contribution in [0, 0.1) is 5.92 Å². The van der Waals surface area contributed by atoms with Crippen molar-refractivity contribution in [1.82, 2.24) is 14.7 Å². The van der Waals surface area contributed by atoms with Crippen molar-refractivity contribution in [2.45, 2.75) is 13.5 Å². The van der Waals surface area contributed by atoms with E-state index in [1.54, 1.807) is 6.20 Å². The van der Waals surface area contributed by atoms with Gasteiger partial charge in [-0.1, -0.05) is 6.92 Å². The monoisotopic (exact) mass is 225 g/mol. The maximum absolute atomic E-state index is 11.2. The Bertz CT molecular complexity index is 311. The average molecular weight is 225 g/mol. The van der Waals surface area contributed by atoms with Crippen LogP contribution in [-0.2, 0) is 16.1 Å². The molecule has 0 aliphatic carbocycles. The van der Waals surface area contributed by atoms with Crippen LogP contribution in [0.2, 0.25) is 0 Å². The van der Waals surface area contributed by atoms with E-state index in [1.165, 1.54) is 7.11 Å². The van der Waals surface area contributed by atoms with Crippen molar-refractivity contribution in [3.8, 4) is 0 Å². The maximum atomic E-state index is 11.2. The minimum absolute atomic E-state index is 0.0902. The topological polar surface area (TPSA) is 47.4 Å². The Morgan fingerprint density at radius 2 is 2.38 bits per heavy atom. The number of aromatic nitrogens is 2. The van der Waals surface area contributed by atoms with Gasteiger partial charge in [0.2, 0.25) is 0 Å². The molecule has 5 heteroatoms. The van der Waals surface area contributed by atoms with Crippen molar-refractivity contribution < 1.29 is 9.53 Å². The number of ether oxygens (including phenoxy) is 1. The zero-order valence-electron chi connectivity index (χ0n) is 10.1. The van der Waals surface area contributed by atoms with Gasteiger partial charge in [-0.25, -0.2) is 0 Å². The second-order valence-corrected chi connectivity index (χ2v) is 3.96. The number of carbonyl (C=O) groups is 1. The first-order valence-corrected chi connectivity index (χ1v) is 5.37. The van der Waals surface area contributed by atoms with Gasteiger partial charge in [0, 0.05) is 25.5 Å². The second kappa shape index (κ2) is 6.27. The zero-order chi connectivity index (χ0) is 12.0. The molecule has 16 heavy (non-hydrogen) atoms. The van der Waals surface area contributed by atoms with Crippen LogP contribution in [0.5, 0.6) is 0 Å². The standard InChI is InChI=1S/C11H19N3O2/c1-10(11(15)16-3)9-13(2)7-8-14-6-4-5-12-14/h4-6,10H,7-9H2,1-3H3. The van der Waals surface area contributed by atoms with Crippen LogP contribution in [0.3, 0.4) is 0 Å². The summed E-state index contributed by atoms with van der Waals surface area (Å²) in [5.41, 5.74) is 0. The van der Waals surface area contributed by atoms with Crippen molar-refractivity contribution in [3.63, 3.8) is 0 Å². The van der Waals surface area contributed by atoms with Crippen LogP contribution in [0.25, 0.3) is 0 Å². The van der Waals surface area contributed by atoms with Gasteiger partial charge >= 0.3 is 5.97 Å². The molecule has 0 saturated heterocycles. The summed E-state index contributed by atoms with van der Waals surface area (Å²) >= 11 is 0. The van der Waals surface area contributed by atoms with Crippen molar-refractivity contribution >= 4 is 5.97 Å². The van der Waals surface area contributed by atoms with Gasteiger partial charge in [0.25, 0.3) is 0 Å². The first kappa shape index (κ1) is 12.7. The Morgan fingerprint density at radius 3 is 2.94 bits per heavy atom. The maximum Gasteiger partial charge on any atom is 0.309 e. The van der Waals surface area contributed by atoms with Crippen molar-refractivity contribution in [2.75, 3.05) is 27.2 Å². The van der Waals surface area contributed by atoms with Gasteiger partial charge < -0.3 is 9.64 Å². The first-order chi connectivity index (χ1) is 7.63. The van der Waals surface area contributed by atoms with E-state index < -0.39 is 0 Å². The third-order valence-electron chi connectivity index (χ3n) is 2.46. The summed E-state index contributed by atoms with van der Waals surface area (Å²) in [6.07, 6.45) is 3.69. The van der Waals surface area contributed by atoms with Gasteiger partial charge in [-0.3, -0.25) is 9.48 Å². The third-order valence-corrected chi connectivity index (χ3v) is 2.46. The van der Waals surface area contributed by atoms with E-state index in [2.05, 4.69) is 14.7 Å². The van der Waals surface area contributed by atoms with Crippen LogP contribution in [0.4, 0.5) is 0 Å². The molecular formula is C11H19N3O2. The quantitative estimate of drug-likeness (QED) is 0.666. The minimum atomic E-state index is -0.161. The number of likely N-dealkylation sites (N-methyl/N-ethyl adjacent to an activating group) is 1. The molecule has 1 unspecified atom stereocenters. The van der Waals surface area contributed by atoms with Crippen molar-refractivity contribution in [2.24, 2.45) is 5.92 Å². The molecular weight excluding hydrogens is 206 g/mol. The van der Waals surface area contributed by atoms with E-state index >= 15 is 0 Å². The largest absolute Gasteiger partial charge is 0.469 e. The molecule has 1 rings (SSSR count). The number of hydrogen-bond donors (Lipinski definition) is 0. The summed E-state index contributed by atoms with van der Waals surface area (Å²) < 4.78 is 6.55. The second-order valence-electron chi connectivity index (χ2n) is 3.96. The normalized spacial score (nSPS) is 12.8. The predicted molar refractivity (Wildman–Crippen MR) is 60.9 cm³/mol. The summed E-state index contributed by atoms with van der Waals surface area (Å²) in [5.74, 6) is -0.251. The van der Waals surface area contributed by atoms with Gasteiger partial charge in [0.1, 0.15) is 0 Å². The van der Waals surface area contributed by atoms with E-state index in [0.717, 1.165) is 13.1 Å². The van der Waals surface area contributed by atoms with Crippen LogP contribution >= 0.6 is 0 Å². The summed E-state index contributed by atoms with van der Waals surface area (Å²) in [4.78, 5) is 13.3. The smallest absolute Gasteiger partial charge is 0.309 e. The molecule has 1 aromatic heterocycles. The Kier molecular flexibility index (Phi) is 4.98. The van der Waals surface area contributed by atoms with Crippen LogP contribution in [0.1, 0.15) is 6.92 Å². The third kappa shape index (κ3) is 4.02. The minimum Gasteiger partial charge on any atom is -0.469 e. The summed E-state index contributed by atoms with van der Waals surface area (Å²) in [6.45, 7) is 4.27. The highest BCUT2D eigenvalue weighted by molar-refractivity contribution is 5.71. The summed E-state index contributed by atoms with van der Waals surface area (Å²) in [6, 6.07) is 1.90. The predicted octanol–water partition coefficient (Wildman–Crippen LogP) is 0.624. The SMILES string of the molecule is COC(=O)C(C)CN(C)CCn1cccn1. The Balaban J connectivity index is 2.25. The molecule has 5 nitrogen and oxygen atoms in total. The number of hydrogen-bond acceptors (Lipinski definition) is 4. The molecule has 1 atom stereocenters. The van der Waals surface area contributed by atoms with Crippen LogP contribution < -0.4 is 0 Å². The number of nitrogens with zero attached hydrogens (tertiary/aromatic N) is 3. The highest BCUT2D eigenvalue weighted by atomic mass is 16.5. The fourth-order valence-corrected chi connectivity index (χ4v) is 1.54. The lowest BCUT2D eigenvalue weighted by atomic mass is 10.2. The van der Waals surface area contributed by atoms with E-state index in [0.29, 0.717) is 6.54 Å². The lowest BCUT2D eigenvalue weighted by molar-refractivity contribution is -0.145. The summed E-state index contributed by atoms with van der Waals surface area (Å²) in [7, 11) is 3.41. The molecule has 0 saturated carbocycles. The number of esters is 1. The molecule has 0 bridgehead atoms. The molecule has 1 heterocycles. The molecule has 0 N–H and O–H groups in total. The van der Waals surface area contributed by atoms with Gasteiger partial charge in [-0.05, 0) is 13.1 Å². The molecule has 1 aromatic rings. The Morgan fingerprint density at radius 1 is 1.62 bits per heavy atom. The fourth-order valence-electron chi connectivity index (χ4n) is 1.54. The molecule has 0 aliphatic heterocycles. The molecule has 0 radical (unpaired) electrons. The van der Waals surface area contributed by atoms with E-state index in [9.17, 15) is 4.79 Å².